The molecule has 0 aliphatic carbocycles. The van der Waals surface area contributed by atoms with Gasteiger partial charge < -0.3 is 5.11 Å². The molecule has 1 aromatic rings. The van der Waals surface area contributed by atoms with Gasteiger partial charge in [0, 0.05) is 6.42 Å². The van der Waals surface area contributed by atoms with E-state index in [2.05, 4.69) is 0 Å². The summed E-state index contributed by atoms with van der Waals surface area (Å²) in [5.41, 5.74) is 0.893. The third kappa shape index (κ3) is 3.20. The van der Waals surface area contributed by atoms with E-state index in [0.29, 0.717) is 23.9 Å². The van der Waals surface area contributed by atoms with Crippen molar-refractivity contribution in [2.45, 2.75) is 19.3 Å². The van der Waals surface area contributed by atoms with Crippen LogP contribution in [0.4, 0.5) is 4.39 Å². The van der Waals surface area contributed by atoms with Gasteiger partial charge in [0.1, 0.15) is 13.7 Å². The Morgan fingerprint density at radius 3 is 2.79 bits per heavy atom. The van der Waals surface area contributed by atoms with Gasteiger partial charge in [-0.15, -0.1) is 0 Å². The molecule has 2 radical (unpaired) electrons. The first-order valence-electron chi connectivity index (χ1n) is 4.35. The Kier molecular flexibility index (Phi) is 3.68. The van der Waals surface area contributed by atoms with Crippen molar-refractivity contribution >= 4 is 19.3 Å². The molecular formula is C10H10BFO2. The molecule has 0 unspecified atom stereocenters. The first-order valence-corrected chi connectivity index (χ1v) is 4.35. The molecule has 1 N–H and O–H groups in total. The standard InChI is InChI=1S/C10H10BFO2/c11-8-5-4-7(9(12)6-8)2-1-3-10(13)14/h4-6H,1-3H2,(H,13,14). The van der Waals surface area contributed by atoms with E-state index >= 15 is 0 Å². The maximum Gasteiger partial charge on any atom is 0.303 e. The molecule has 1 aromatic carbocycles. The molecule has 0 spiro atoms. The van der Waals surface area contributed by atoms with Crippen molar-refractivity contribution < 1.29 is 14.3 Å². The zero-order chi connectivity index (χ0) is 10.6. The predicted octanol–water partition coefficient (Wildman–Crippen LogP) is 1.03. The number of carboxylic acids is 1. The number of benzene rings is 1. The monoisotopic (exact) mass is 192 g/mol. The molecule has 2 nitrogen and oxygen atoms in total. The van der Waals surface area contributed by atoms with Crippen LogP contribution in [0.1, 0.15) is 18.4 Å². The van der Waals surface area contributed by atoms with Gasteiger partial charge in [0.15, 0.2) is 0 Å². The second-order valence-corrected chi connectivity index (χ2v) is 3.10. The van der Waals surface area contributed by atoms with Crippen LogP contribution in [0.25, 0.3) is 0 Å². The Hall–Kier alpha value is -1.32. The van der Waals surface area contributed by atoms with E-state index in [0.717, 1.165) is 0 Å². The molecular weight excluding hydrogens is 182 g/mol. The molecule has 0 heterocycles. The van der Waals surface area contributed by atoms with Crippen molar-refractivity contribution in [1.82, 2.24) is 0 Å². The SMILES string of the molecule is [B]c1ccc(CCCC(=O)O)c(F)c1. The predicted molar refractivity (Wildman–Crippen MR) is 52.4 cm³/mol. The third-order valence-electron chi connectivity index (χ3n) is 1.91. The highest BCUT2D eigenvalue weighted by Gasteiger charge is 2.03. The molecule has 0 saturated heterocycles. The highest BCUT2D eigenvalue weighted by atomic mass is 19.1. The van der Waals surface area contributed by atoms with Crippen molar-refractivity contribution in [2.75, 3.05) is 0 Å². The van der Waals surface area contributed by atoms with Crippen LogP contribution in [0.2, 0.25) is 0 Å². The smallest absolute Gasteiger partial charge is 0.303 e. The van der Waals surface area contributed by atoms with Gasteiger partial charge in [-0.1, -0.05) is 17.6 Å². The minimum atomic E-state index is -0.860. The van der Waals surface area contributed by atoms with Crippen LogP contribution < -0.4 is 5.46 Å². The molecule has 0 aliphatic rings. The van der Waals surface area contributed by atoms with Crippen LogP contribution in [-0.2, 0) is 11.2 Å². The zero-order valence-corrected chi connectivity index (χ0v) is 7.66. The summed E-state index contributed by atoms with van der Waals surface area (Å²) in [5, 5.41) is 8.39. The number of aryl methyl sites for hydroxylation is 1. The molecule has 0 bridgehead atoms. The van der Waals surface area contributed by atoms with Gasteiger partial charge in [-0.2, -0.15) is 0 Å². The molecule has 0 saturated carbocycles. The summed E-state index contributed by atoms with van der Waals surface area (Å²) < 4.78 is 13.1. The van der Waals surface area contributed by atoms with Crippen molar-refractivity contribution in [3.63, 3.8) is 0 Å². The molecule has 72 valence electrons. The quantitative estimate of drug-likeness (QED) is 0.723. The Labute approximate surface area is 83.2 Å². The lowest BCUT2D eigenvalue weighted by Gasteiger charge is -2.02. The van der Waals surface area contributed by atoms with E-state index in [4.69, 9.17) is 13.0 Å². The highest BCUT2D eigenvalue weighted by molar-refractivity contribution is 6.32. The summed E-state index contributed by atoms with van der Waals surface area (Å²) in [7, 11) is 5.37. The van der Waals surface area contributed by atoms with E-state index in [1.165, 1.54) is 6.07 Å². The summed E-state index contributed by atoms with van der Waals surface area (Å²) in [6.45, 7) is 0. The fourth-order valence-corrected chi connectivity index (χ4v) is 1.20. The van der Waals surface area contributed by atoms with Crippen LogP contribution in [0.15, 0.2) is 18.2 Å². The topological polar surface area (TPSA) is 37.3 Å². The largest absolute Gasteiger partial charge is 0.481 e. The molecule has 4 heteroatoms. The zero-order valence-electron chi connectivity index (χ0n) is 7.66. The lowest BCUT2D eigenvalue weighted by Crippen LogP contribution is -2.05. The lowest BCUT2D eigenvalue weighted by atomic mass is 9.94. The maximum absolute atomic E-state index is 13.1. The minimum Gasteiger partial charge on any atom is -0.481 e. The van der Waals surface area contributed by atoms with Gasteiger partial charge in [-0.25, -0.2) is 4.39 Å². The summed E-state index contributed by atoms with van der Waals surface area (Å²) in [6.07, 6.45) is 0.929. The van der Waals surface area contributed by atoms with Crippen molar-refractivity contribution in [1.29, 1.82) is 0 Å². The molecule has 0 atom stereocenters. The Morgan fingerprint density at radius 1 is 1.50 bits per heavy atom. The average Bonchev–Trinajstić information content (AvgIpc) is 2.08. The second kappa shape index (κ2) is 4.79. The molecule has 0 fully saturated rings. The number of hydrogen-bond acceptors (Lipinski definition) is 1. The van der Waals surface area contributed by atoms with Gasteiger partial charge in [-0.3, -0.25) is 4.79 Å². The fraction of sp³-hybridized carbons (Fsp3) is 0.300. The number of hydrogen-bond donors (Lipinski definition) is 1. The Balaban J connectivity index is 2.55. The van der Waals surface area contributed by atoms with Crippen molar-refractivity contribution in [3.05, 3.63) is 29.6 Å². The van der Waals surface area contributed by atoms with Crippen LogP contribution in [-0.4, -0.2) is 18.9 Å². The summed E-state index contributed by atoms with van der Waals surface area (Å²) in [5.74, 6) is -1.23. The minimum absolute atomic E-state index is 0.0593. The second-order valence-electron chi connectivity index (χ2n) is 3.10. The van der Waals surface area contributed by atoms with Crippen LogP contribution in [0.3, 0.4) is 0 Å². The van der Waals surface area contributed by atoms with E-state index in [1.807, 2.05) is 0 Å². The third-order valence-corrected chi connectivity index (χ3v) is 1.91. The molecule has 0 aliphatic heterocycles. The lowest BCUT2D eigenvalue weighted by molar-refractivity contribution is -0.137. The van der Waals surface area contributed by atoms with E-state index < -0.39 is 5.97 Å². The fourth-order valence-electron chi connectivity index (χ4n) is 1.20. The van der Waals surface area contributed by atoms with Crippen molar-refractivity contribution in [3.8, 4) is 0 Å². The van der Waals surface area contributed by atoms with E-state index in [9.17, 15) is 9.18 Å². The number of carbonyl (C=O) groups is 1. The first-order chi connectivity index (χ1) is 6.59. The summed E-state index contributed by atoms with van der Waals surface area (Å²) in [4.78, 5) is 10.2. The number of aliphatic carboxylic acids is 1. The van der Waals surface area contributed by atoms with Gasteiger partial charge >= 0.3 is 5.97 Å². The van der Waals surface area contributed by atoms with Crippen LogP contribution in [0.5, 0.6) is 0 Å². The highest BCUT2D eigenvalue weighted by Crippen LogP contribution is 2.08. The molecule has 14 heavy (non-hydrogen) atoms. The van der Waals surface area contributed by atoms with Gasteiger partial charge in [0.25, 0.3) is 0 Å². The number of halogens is 1. The normalized spacial score (nSPS) is 10.1. The Morgan fingerprint density at radius 2 is 2.21 bits per heavy atom. The average molecular weight is 192 g/mol. The van der Waals surface area contributed by atoms with E-state index in [-0.39, 0.29) is 12.2 Å². The summed E-state index contributed by atoms with van der Waals surface area (Å²) in [6, 6.07) is 4.45. The van der Waals surface area contributed by atoms with Gasteiger partial charge in [-0.05, 0) is 24.5 Å². The molecule has 0 aromatic heterocycles. The molecule has 1 rings (SSSR count). The van der Waals surface area contributed by atoms with E-state index in [1.54, 1.807) is 12.1 Å². The first kappa shape index (κ1) is 10.8. The Bertz CT molecular complexity index is 339. The summed E-state index contributed by atoms with van der Waals surface area (Å²) >= 11 is 0. The van der Waals surface area contributed by atoms with Crippen LogP contribution >= 0.6 is 0 Å². The molecule has 0 amide bonds. The number of rotatable bonds is 4. The van der Waals surface area contributed by atoms with Crippen molar-refractivity contribution in [2.24, 2.45) is 0 Å². The van der Waals surface area contributed by atoms with Crippen LogP contribution in [0, 0.1) is 5.82 Å². The van der Waals surface area contributed by atoms with Gasteiger partial charge in [0.2, 0.25) is 0 Å². The maximum atomic E-state index is 13.1. The van der Waals surface area contributed by atoms with Gasteiger partial charge in [0.05, 0.1) is 0 Å². The number of carboxylic acid groups (broad SMARTS) is 1.